The van der Waals surface area contributed by atoms with Crippen molar-refractivity contribution >= 4 is 18.0 Å². The number of hydrogen-bond acceptors (Lipinski definition) is 5. The fourth-order valence-corrected chi connectivity index (χ4v) is 6.44. The fraction of sp³-hybridized carbons (Fsp3) is 0.654. The second kappa shape index (κ2) is 10.4. The number of likely N-dealkylation sites (tertiary alicyclic amines) is 1. The number of piperidine rings is 1. The number of carbonyl (C=O) groups excluding carboxylic acids is 2. The topological polar surface area (TPSA) is 138 Å². The Morgan fingerprint density at radius 2 is 1.89 bits per heavy atom. The molecule has 1 spiro atoms. The molecular weight excluding hydrogens is 444 g/mol. The first kappa shape index (κ1) is 25.3. The van der Waals surface area contributed by atoms with E-state index in [-0.39, 0.29) is 11.9 Å². The second-order valence-electron chi connectivity index (χ2n) is 10.7. The molecule has 0 radical (unpaired) electrons. The molecule has 1 aromatic rings. The molecule has 3 aliphatic rings. The maximum absolute atomic E-state index is 13.9. The average molecular weight is 485 g/mol. The summed E-state index contributed by atoms with van der Waals surface area (Å²) >= 11 is 0. The van der Waals surface area contributed by atoms with E-state index in [0.29, 0.717) is 31.4 Å². The first-order valence-electron chi connectivity index (χ1n) is 12.9. The molecule has 9 heteroatoms. The van der Waals surface area contributed by atoms with E-state index in [1.165, 1.54) is 25.7 Å². The van der Waals surface area contributed by atoms with Crippen LogP contribution in [-0.4, -0.2) is 60.0 Å². The molecule has 0 bridgehead atoms. The number of benzene rings is 1. The Morgan fingerprint density at radius 1 is 1.20 bits per heavy atom. The van der Waals surface area contributed by atoms with Gasteiger partial charge in [-0.3, -0.25) is 10.2 Å². The Hall–Kier alpha value is -2.81. The quantitative estimate of drug-likeness (QED) is 0.362. The van der Waals surface area contributed by atoms with Crippen molar-refractivity contribution in [1.82, 2.24) is 15.1 Å². The minimum absolute atomic E-state index is 0.109. The minimum Gasteiger partial charge on any atom is -0.410 e. The summed E-state index contributed by atoms with van der Waals surface area (Å²) in [7, 11) is 0. The third-order valence-corrected chi connectivity index (χ3v) is 8.42. The Kier molecular flexibility index (Phi) is 7.54. The Bertz CT molecular complexity index is 948. The number of nitrogens with zero attached hydrogens (tertiary/aromatic N) is 2. The Balaban J connectivity index is 1.53. The number of nitrogens with two attached hydrogens (primary N) is 2. The molecule has 2 aliphatic heterocycles. The van der Waals surface area contributed by atoms with Crippen LogP contribution in [0.2, 0.25) is 0 Å². The van der Waals surface area contributed by atoms with Crippen LogP contribution in [0.1, 0.15) is 63.5 Å². The van der Waals surface area contributed by atoms with Crippen molar-refractivity contribution in [2.75, 3.05) is 26.2 Å². The van der Waals surface area contributed by atoms with Crippen molar-refractivity contribution < 1.29 is 14.3 Å². The van der Waals surface area contributed by atoms with Crippen molar-refractivity contribution in [2.24, 2.45) is 23.3 Å². The van der Waals surface area contributed by atoms with E-state index >= 15 is 0 Å². The van der Waals surface area contributed by atoms with Gasteiger partial charge in [0.25, 0.3) is 0 Å². The molecule has 2 amide bonds. The van der Waals surface area contributed by atoms with Crippen LogP contribution in [0.5, 0.6) is 5.75 Å². The molecule has 192 valence electrons. The highest BCUT2D eigenvalue weighted by molar-refractivity contribution is 5.91. The van der Waals surface area contributed by atoms with Crippen molar-refractivity contribution in [3.8, 4) is 5.75 Å². The van der Waals surface area contributed by atoms with Gasteiger partial charge in [0, 0.05) is 25.7 Å². The van der Waals surface area contributed by atoms with Crippen LogP contribution >= 0.6 is 0 Å². The zero-order valence-corrected chi connectivity index (χ0v) is 21.0. The van der Waals surface area contributed by atoms with Crippen LogP contribution in [0.15, 0.2) is 18.2 Å². The highest BCUT2D eigenvalue weighted by Crippen LogP contribution is 2.45. The van der Waals surface area contributed by atoms with Gasteiger partial charge in [-0.2, -0.15) is 0 Å². The normalized spacial score (nSPS) is 24.3. The standard InChI is InChI=1S/C26H40N6O3/c1-17(2)18-3-5-20(6-4-18)31-12-9-26(10-13-31)22-8-7-21(35-25(29)34)15-19(22)16-32(23(26)33)14-11-30-24(27)28/h7-8,15,17-18,20H,3-6,9-14,16H2,1-2H3,(H2,29,34)(H4,27,28,30). The molecule has 1 saturated carbocycles. The molecule has 1 aromatic carbocycles. The van der Waals surface area contributed by atoms with Gasteiger partial charge in [-0.25, -0.2) is 4.79 Å². The number of carbonyl (C=O) groups is 2. The number of guanidine groups is 1. The number of fused-ring (bicyclic) bond motifs is 2. The van der Waals surface area contributed by atoms with E-state index < -0.39 is 11.5 Å². The van der Waals surface area contributed by atoms with Crippen LogP contribution in [0, 0.1) is 17.2 Å². The van der Waals surface area contributed by atoms with E-state index in [9.17, 15) is 9.59 Å². The van der Waals surface area contributed by atoms with Gasteiger partial charge in [0.05, 0.1) is 5.41 Å². The van der Waals surface area contributed by atoms with Crippen LogP contribution in [0.4, 0.5) is 4.79 Å². The number of primary amides is 1. The van der Waals surface area contributed by atoms with Gasteiger partial charge < -0.3 is 31.3 Å². The van der Waals surface area contributed by atoms with Gasteiger partial charge in [-0.05, 0) is 86.7 Å². The second-order valence-corrected chi connectivity index (χ2v) is 10.7. The van der Waals surface area contributed by atoms with E-state index in [4.69, 9.17) is 21.6 Å². The number of ether oxygens (including phenoxy) is 1. The summed E-state index contributed by atoms with van der Waals surface area (Å²) < 4.78 is 5.12. The lowest BCUT2D eigenvalue weighted by Gasteiger charge is -2.49. The van der Waals surface area contributed by atoms with Crippen LogP contribution in [0.25, 0.3) is 0 Å². The Morgan fingerprint density at radius 3 is 2.49 bits per heavy atom. The molecule has 0 atom stereocenters. The molecule has 0 unspecified atom stereocenters. The van der Waals surface area contributed by atoms with Crippen molar-refractivity contribution in [1.29, 1.82) is 5.41 Å². The summed E-state index contributed by atoms with van der Waals surface area (Å²) in [6.07, 6.45) is 5.78. The van der Waals surface area contributed by atoms with Crippen molar-refractivity contribution in [3.05, 3.63) is 29.3 Å². The number of rotatable bonds is 6. The van der Waals surface area contributed by atoms with Gasteiger partial charge in [0.2, 0.25) is 5.91 Å². The van der Waals surface area contributed by atoms with E-state index in [1.54, 1.807) is 6.07 Å². The predicted octanol–water partition coefficient (Wildman–Crippen LogP) is 2.52. The van der Waals surface area contributed by atoms with E-state index in [2.05, 4.69) is 24.1 Å². The molecular formula is C26H40N6O3. The summed E-state index contributed by atoms with van der Waals surface area (Å²) in [5, 5.41) is 10.2. The van der Waals surface area contributed by atoms with Crippen LogP contribution < -0.4 is 21.5 Å². The van der Waals surface area contributed by atoms with Gasteiger partial charge >= 0.3 is 6.09 Å². The molecule has 4 rings (SSSR count). The first-order chi connectivity index (χ1) is 16.7. The molecule has 6 N–H and O–H groups in total. The SMILES string of the molecule is CC(C)C1CCC(N2CCC3(CC2)C(=O)N(CCNC(=N)N)Cc2cc(OC(N)=O)ccc23)CC1. The van der Waals surface area contributed by atoms with Gasteiger partial charge in [-0.1, -0.05) is 19.9 Å². The van der Waals surface area contributed by atoms with Crippen LogP contribution in [-0.2, 0) is 16.8 Å². The number of nitrogens with one attached hydrogen (secondary N) is 2. The van der Waals surface area contributed by atoms with E-state index in [1.807, 2.05) is 17.0 Å². The lowest BCUT2D eigenvalue weighted by atomic mass is 9.67. The molecule has 1 saturated heterocycles. The maximum Gasteiger partial charge on any atom is 0.409 e. The Labute approximate surface area is 208 Å². The van der Waals surface area contributed by atoms with Gasteiger partial charge in [0.1, 0.15) is 5.75 Å². The third-order valence-electron chi connectivity index (χ3n) is 8.42. The zero-order chi connectivity index (χ0) is 25.2. The molecule has 1 aliphatic carbocycles. The lowest BCUT2D eigenvalue weighted by molar-refractivity contribution is -0.142. The van der Waals surface area contributed by atoms with Crippen LogP contribution in [0.3, 0.4) is 0 Å². The molecule has 2 fully saturated rings. The number of hydrogen-bond donors (Lipinski definition) is 4. The average Bonchev–Trinajstić information content (AvgIpc) is 2.82. The van der Waals surface area contributed by atoms with Gasteiger partial charge in [-0.15, -0.1) is 0 Å². The van der Waals surface area contributed by atoms with Gasteiger partial charge in [0.15, 0.2) is 5.96 Å². The summed E-state index contributed by atoms with van der Waals surface area (Å²) in [4.78, 5) is 29.6. The minimum atomic E-state index is -0.852. The van der Waals surface area contributed by atoms with Crippen molar-refractivity contribution in [2.45, 2.75) is 70.4 Å². The number of amides is 2. The first-order valence-corrected chi connectivity index (χ1v) is 12.9. The highest BCUT2D eigenvalue weighted by Gasteiger charge is 2.49. The maximum atomic E-state index is 13.9. The summed E-state index contributed by atoms with van der Waals surface area (Å²) in [6.45, 7) is 7.76. The summed E-state index contributed by atoms with van der Waals surface area (Å²) in [5.41, 5.74) is 12.1. The third kappa shape index (κ3) is 5.39. The largest absolute Gasteiger partial charge is 0.410 e. The lowest BCUT2D eigenvalue weighted by Crippen LogP contribution is -2.58. The highest BCUT2D eigenvalue weighted by atomic mass is 16.5. The molecule has 9 nitrogen and oxygen atoms in total. The molecule has 0 aromatic heterocycles. The summed E-state index contributed by atoms with van der Waals surface area (Å²) in [6, 6.07) is 6.13. The predicted molar refractivity (Wildman–Crippen MR) is 135 cm³/mol. The zero-order valence-electron chi connectivity index (χ0n) is 21.0. The van der Waals surface area contributed by atoms with E-state index in [0.717, 1.165) is 48.9 Å². The molecule has 2 heterocycles. The van der Waals surface area contributed by atoms with Crippen molar-refractivity contribution in [3.63, 3.8) is 0 Å². The summed E-state index contributed by atoms with van der Waals surface area (Å²) in [5.74, 6) is 2.01. The molecule has 35 heavy (non-hydrogen) atoms. The monoisotopic (exact) mass is 484 g/mol. The fourth-order valence-electron chi connectivity index (χ4n) is 6.44. The smallest absolute Gasteiger partial charge is 0.409 e.